The third-order valence-corrected chi connectivity index (χ3v) is 4.43. The van der Waals surface area contributed by atoms with E-state index < -0.39 is 10.9 Å². The van der Waals surface area contributed by atoms with Crippen molar-refractivity contribution in [3.8, 4) is 5.69 Å². The molecule has 0 amide bonds. The smallest absolute Gasteiger partial charge is 0.360 e. The summed E-state index contributed by atoms with van der Waals surface area (Å²) in [5, 5.41) is 38.1. The van der Waals surface area contributed by atoms with Crippen LogP contribution in [0.1, 0.15) is 36.2 Å². The van der Waals surface area contributed by atoms with Gasteiger partial charge in [0.05, 0.1) is 10.6 Å². The van der Waals surface area contributed by atoms with Crippen LogP contribution in [0.5, 0.6) is 0 Å². The van der Waals surface area contributed by atoms with E-state index in [1.54, 1.807) is 6.07 Å². The van der Waals surface area contributed by atoms with Crippen molar-refractivity contribution in [3.05, 3.63) is 40.1 Å². The number of piperidine rings is 1. The van der Waals surface area contributed by atoms with E-state index in [9.17, 15) is 25.1 Å². The third-order valence-electron chi connectivity index (χ3n) is 4.43. The molecule has 1 unspecified atom stereocenters. The molecule has 26 heavy (non-hydrogen) atoms. The molecule has 1 fully saturated rings. The first-order chi connectivity index (χ1) is 12.5. The second-order valence-corrected chi connectivity index (χ2v) is 6.10. The average Bonchev–Trinajstić information content (AvgIpc) is 3.08. The zero-order valence-corrected chi connectivity index (χ0v) is 14.0. The summed E-state index contributed by atoms with van der Waals surface area (Å²) in [4.78, 5) is 25.0. The fraction of sp³-hybridized carbons (Fsp3) is 0.438. The van der Waals surface area contributed by atoms with Crippen LogP contribution < -0.4 is 4.90 Å². The van der Waals surface area contributed by atoms with Crippen LogP contribution in [-0.2, 0) is 0 Å². The van der Waals surface area contributed by atoms with Crippen molar-refractivity contribution in [2.75, 3.05) is 18.1 Å². The highest BCUT2D eigenvalue weighted by molar-refractivity contribution is 5.91. The SMILES string of the molecule is O=C(O)c1nn(-c2cccc([N+](=O)[O-])c2)nc1N1CCCCC1CCO. The van der Waals surface area contributed by atoms with Crippen molar-refractivity contribution in [1.29, 1.82) is 0 Å². The molecule has 1 aromatic heterocycles. The number of nitrogens with zero attached hydrogens (tertiary/aromatic N) is 5. The largest absolute Gasteiger partial charge is 0.476 e. The molecule has 0 aliphatic carbocycles. The molecule has 2 aromatic rings. The summed E-state index contributed by atoms with van der Waals surface area (Å²) in [7, 11) is 0. The fourth-order valence-corrected chi connectivity index (χ4v) is 3.21. The maximum Gasteiger partial charge on any atom is 0.360 e. The zero-order valence-electron chi connectivity index (χ0n) is 14.0. The predicted octanol–water partition coefficient (Wildman–Crippen LogP) is 1.61. The average molecular weight is 361 g/mol. The topological polar surface area (TPSA) is 135 Å². The molecule has 1 saturated heterocycles. The Morgan fingerprint density at radius 2 is 2.15 bits per heavy atom. The molecule has 0 radical (unpaired) electrons. The molecule has 3 rings (SSSR count). The van der Waals surface area contributed by atoms with Crippen molar-refractivity contribution in [2.24, 2.45) is 0 Å². The van der Waals surface area contributed by atoms with E-state index in [0.717, 1.165) is 24.1 Å². The minimum Gasteiger partial charge on any atom is -0.476 e. The summed E-state index contributed by atoms with van der Waals surface area (Å²) < 4.78 is 0. The van der Waals surface area contributed by atoms with Crippen LogP contribution in [0.2, 0.25) is 0 Å². The highest BCUT2D eigenvalue weighted by atomic mass is 16.6. The fourth-order valence-electron chi connectivity index (χ4n) is 3.21. The minimum absolute atomic E-state index is 0.00257. The molecule has 1 aliphatic heterocycles. The number of aromatic carboxylic acids is 1. The zero-order chi connectivity index (χ0) is 18.7. The number of aliphatic hydroxyl groups excluding tert-OH is 1. The number of rotatable bonds is 6. The molecule has 1 aromatic carbocycles. The number of hydrogen-bond acceptors (Lipinski definition) is 7. The van der Waals surface area contributed by atoms with E-state index in [4.69, 9.17) is 0 Å². The Morgan fingerprint density at radius 3 is 2.85 bits per heavy atom. The van der Waals surface area contributed by atoms with Crippen molar-refractivity contribution in [1.82, 2.24) is 15.0 Å². The third kappa shape index (κ3) is 3.49. The van der Waals surface area contributed by atoms with Crippen LogP contribution in [0.25, 0.3) is 5.69 Å². The van der Waals surface area contributed by atoms with Crippen molar-refractivity contribution < 1.29 is 19.9 Å². The van der Waals surface area contributed by atoms with Gasteiger partial charge in [-0.2, -0.15) is 0 Å². The monoisotopic (exact) mass is 361 g/mol. The van der Waals surface area contributed by atoms with E-state index in [0.29, 0.717) is 18.7 Å². The van der Waals surface area contributed by atoms with Crippen molar-refractivity contribution in [3.63, 3.8) is 0 Å². The van der Waals surface area contributed by atoms with Gasteiger partial charge in [0.2, 0.25) is 5.69 Å². The number of hydrogen-bond donors (Lipinski definition) is 2. The second-order valence-electron chi connectivity index (χ2n) is 6.10. The summed E-state index contributed by atoms with van der Waals surface area (Å²) in [6.45, 7) is 0.626. The van der Waals surface area contributed by atoms with E-state index in [2.05, 4.69) is 10.2 Å². The molecule has 1 aliphatic rings. The summed E-state index contributed by atoms with van der Waals surface area (Å²) in [6, 6.07) is 5.68. The van der Waals surface area contributed by atoms with Crippen LogP contribution >= 0.6 is 0 Å². The lowest BCUT2D eigenvalue weighted by atomic mass is 9.99. The van der Waals surface area contributed by atoms with Crippen molar-refractivity contribution >= 4 is 17.5 Å². The maximum atomic E-state index is 11.6. The molecule has 10 nitrogen and oxygen atoms in total. The number of aliphatic hydroxyl groups is 1. The number of benzene rings is 1. The van der Waals surface area contributed by atoms with E-state index in [1.807, 2.05) is 4.90 Å². The number of anilines is 1. The molecule has 0 saturated carbocycles. The molecule has 138 valence electrons. The molecule has 2 heterocycles. The number of nitro groups is 1. The Morgan fingerprint density at radius 1 is 1.35 bits per heavy atom. The molecule has 10 heteroatoms. The quantitative estimate of drug-likeness (QED) is 0.585. The Bertz CT molecular complexity index is 819. The van der Waals surface area contributed by atoms with Gasteiger partial charge in [0.1, 0.15) is 0 Å². The van der Waals surface area contributed by atoms with Crippen LogP contribution in [0.3, 0.4) is 0 Å². The lowest BCUT2D eigenvalue weighted by Gasteiger charge is -2.35. The highest BCUT2D eigenvalue weighted by Crippen LogP contribution is 2.28. The Hall–Kier alpha value is -3.01. The first-order valence-electron chi connectivity index (χ1n) is 8.34. The maximum absolute atomic E-state index is 11.6. The van der Waals surface area contributed by atoms with Gasteiger partial charge in [-0.3, -0.25) is 10.1 Å². The predicted molar refractivity (Wildman–Crippen MR) is 91.7 cm³/mol. The van der Waals surface area contributed by atoms with Gasteiger partial charge in [0, 0.05) is 31.3 Å². The molecule has 0 bridgehead atoms. The van der Waals surface area contributed by atoms with Gasteiger partial charge in [0.15, 0.2) is 5.82 Å². The van der Waals surface area contributed by atoms with Gasteiger partial charge in [-0.25, -0.2) is 4.79 Å². The lowest BCUT2D eigenvalue weighted by molar-refractivity contribution is -0.384. The first kappa shape index (κ1) is 17.8. The van der Waals surface area contributed by atoms with E-state index in [-0.39, 0.29) is 29.8 Å². The highest BCUT2D eigenvalue weighted by Gasteiger charge is 2.30. The second kappa shape index (κ2) is 7.48. The van der Waals surface area contributed by atoms with Gasteiger partial charge < -0.3 is 15.1 Å². The molecular weight excluding hydrogens is 342 g/mol. The number of nitro benzene ring substituents is 1. The summed E-state index contributed by atoms with van der Waals surface area (Å²) >= 11 is 0. The number of carboxylic acid groups (broad SMARTS) is 1. The van der Waals surface area contributed by atoms with Crippen LogP contribution in [-0.4, -0.2) is 55.3 Å². The minimum atomic E-state index is -1.22. The number of aromatic nitrogens is 3. The molecular formula is C16H19N5O5. The number of non-ortho nitro benzene ring substituents is 1. The lowest BCUT2D eigenvalue weighted by Crippen LogP contribution is -2.41. The summed E-state index contributed by atoms with van der Waals surface area (Å²) in [5.41, 5.74) is -0.0284. The normalized spacial score (nSPS) is 17.3. The van der Waals surface area contributed by atoms with E-state index in [1.165, 1.54) is 18.2 Å². The van der Waals surface area contributed by atoms with E-state index >= 15 is 0 Å². The van der Waals surface area contributed by atoms with Crippen molar-refractivity contribution in [2.45, 2.75) is 31.7 Å². The Kier molecular flexibility index (Phi) is 5.12. The summed E-state index contributed by atoms with van der Waals surface area (Å²) in [6.07, 6.45) is 3.25. The molecule has 2 N–H and O–H groups in total. The van der Waals surface area contributed by atoms with Gasteiger partial charge in [-0.05, 0) is 31.7 Å². The van der Waals surface area contributed by atoms with Gasteiger partial charge in [-0.1, -0.05) is 6.07 Å². The summed E-state index contributed by atoms with van der Waals surface area (Å²) in [5.74, 6) is -0.993. The van der Waals surface area contributed by atoms with Crippen LogP contribution in [0.15, 0.2) is 24.3 Å². The Balaban J connectivity index is 2.02. The van der Waals surface area contributed by atoms with Crippen LogP contribution in [0, 0.1) is 10.1 Å². The molecule has 0 spiro atoms. The Labute approximate surface area is 148 Å². The van der Waals surface area contributed by atoms with Gasteiger partial charge in [-0.15, -0.1) is 15.0 Å². The number of carbonyl (C=O) groups is 1. The molecule has 1 atom stereocenters. The van der Waals surface area contributed by atoms with Gasteiger partial charge >= 0.3 is 5.97 Å². The van der Waals surface area contributed by atoms with Crippen LogP contribution in [0.4, 0.5) is 11.5 Å². The first-order valence-corrected chi connectivity index (χ1v) is 8.34. The number of carboxylic acids is 1. The standard InChI is InChI=1S/C16H19N5O5/c22-9-7-11-4-1-2-8-19(11)15-14(16(23)24)17-20(18-15)12-5-3-6-13(10-12)21(25)26/h3,5-6,10-11,22H,1-2,4,7-9H2,(H,23,24). The van der Waals surface area contributed by atoms with Gasteiger partial charge in [0.25, 0.3) is 5.69 Å².